The zero-order chi connectivity index (χ0) is 14.3. The molecular weight excluding hydrogens is 276 g/mol. The van der Waals surface area contributed by atoms with Crippen molar-refractivity contribution in [3.05, 3.63) is 28.6 Å². The lowest BCUT2D eigenvalue weighted by atomic mass is 10.4. The number of rotatable bonds is 2. The van der Waals surface area contributed by atoms with E-state index in [0.29, 0.717) is 33.5 Å². The number of aromatic amines is 1. The highest BCUT2D eigenvalue weighted by Crippen LogP contribution is 2.37. The minimum absolute atomic E-state index is 0.445. The summed E-state index contributed by atoms with van der Waals surface area (Å²) in [5, 5.41) is 16.0. The molecule has 100 valence electrons. The molecule has 0 aliphatic rings. The van der Waals surface area contributed by atoms with E-state index in [0.717, 1.165) is 17.2 Å². The Morgan fingerprint density at radius 3 is 2.85 bits per heavy atom. The SMILES string of the molecule is [C-]#[N+]c1c(C)nsc1N=Nc1c(C)[nH]n2nc(C)nc12. The number of hydrogen-bond acceptors (Lipinski definition) is 6. The molecule has 3 rings (SSSR count). The molecule has 0 aromatic carbocycles. The Labute approximate surface area is 118 Å². The lowest BCUT2D eigenvalue weighted by Crippen LogP contribution is -1.86. The standard InChI is InChI=1S/C11H10N8S/c1-5-8(10-13-7(3)17-19(10)16-5)14-15-11-9(12-4)6(2)18-20-11/h16H,1-3H3. The maximum Gasteiger partial charge on any atom is 0.247 e. The summed E-state index contributed by atoms with van der Waals surface area (Å²) in [4.78, 5) is 7.71. The first-order valence-corrected chi connectivity index (χ1v) is 6.55. The van der Waals surface area contributed by atoms with Crippen LogP contribution in [0.3, 0.4) is 0 Å². The van der Waals surface area contributed by atoms with Crippen molar-refractivity contribution in [3.8, 4) is 0 Å². The maximum atomic E-state index is 7.13. The molecule has 0 spiro atoms. The van der Waals surface area contributed by atoms with E-state index in [1.54, 1.807) is 18.5 Å². The number of azo groups is 1. The number of aromatic nitrogens is 5. The summed E-state index contributed by atoms with van der Waals surface area (Å²) in [5.74, 6) is 0.656. The van der Waals surface area contributed by atoms with Crippen LogP contribution in [-0.2, 0) is 0 Å². The Morgan fingerprint density at radius 1 is 1.30 bits per heavy atom. The molecule has 0 aliphatic carbocycles. The average molecular weight is 286 g/mol. The fraction of sp³-hybridized carbons (Fsp3) is 0.273. The maximum absolute atomic E-state index is 7.13. The van der Waals surface area contributed by atoms with Crippen LogP contribution in [0.2, 0.25) is 0 Å². The second-order valence-electron chi connectivity index (χ2n) is 4.21. The number of fused-ring (bicyclic) bond motifs is 1. The highest BCUT2D eigenvalue weighted by atomic mass is 32.1. The molecule has 0 atom stereocenters. The minimum atomic E-state index is 0.445. The van der Waals surface area contributed by atoms with E-state index in [1.165, 1.54) is 0 Å². The van der Waals surface area contributed by atoms with Gasteiger partial charge in [-0.1, -0.05) is 0 Å². The van der Waals surface area contributed by atoms with Crippen LogP contribution >= 0.6 is 11.5 Å². The molecule has 0 bridgehead atoms. The number of hydrogen-bond donors (Lipinski definition) is 1. The van der Waals surface area contributed by atoms with E-state index in [1.807, 2.05) is 6.92 Å². The van der Waals surface area contributed by atoms with Gasteiger partial charge in [0.15, 0.2) is 10.7 Å². The van der Waals surface area contributed by atoms with Gasteiger partial charge < -0.3 is 0 Å². The van der Waals surface area contributed by atoms with Crippen LogP contribution in [0.15, 0.2) is 10.2 Å². The molecule has 3 heterocycles. The van der Waals surface area contributed by atoms with Crippen molar-refractivity contribution in [2.24, 2.45) is 10.2 Å². The van der Waals surface area contributed by atoms with E-state index in [2.05, 4.69) is 34.6 Å². The number of nitrogens with one attached hydrogen (secondary N) is 1. The molecule has 8 nitrogen and oxygen atoms in total. The summed E-state index contributed by atoms with van der Waals surface area (Å²) in [6.45, 7) is 12.6. The van der Waals surface area contributed by atoms with E-state index < -0.39 is 0 Å². The molecule has 20 heavy (non-hydrogen) atoms. The largest absolute Gasteiger partial charge is 0.278 e. The first kappa shape index (κ1) is 12.4. The van der Waals surface area contributed by atoms with E-state index in [9.17, 15) is 0 Å². The third-order valence-electron chi connectivity index (χ3n) is 2.72. The molecule has 0 unspecified atom stereocenters. The lowest BCUT2D eigenvalue weighted by molar-refractivity contribution is 0.793. The molecule has 0 amide bonds. The molecule has 3 aromatic rings. The van der Waals surface area contributed by atoms with Crippen molar-refractivity contribution < 1.29 is 0 Å². The van der Waals surface area contributed by atoms with Crippen molar-refractivity contribution in [2.45, 2.75) is 20.8 Å². The Balaban J connectivity index is 2.06. The van der Waals surface area contributed by atoms with Crippen molar-refractivity contribution in [1.29, 1.82) is 0 Å². The molecule has 1 N–H and O–H groups in total. The van der Waals surface area contributed by atoms with Gasteiger partial charge in [-0.15, -0.1) is 15.3 Å². The Kier molecular flexibility index (Phi) is 2.80. The highest BCUT2D eigenvalue weighted by Gasteiger charge is 2.13. The van der Waals surface area contributed by atoms with Crippen molar-refractivity contribution in [1.82, 2.24) is 24.2 Å². The number of nitrogens with zero attached hydrogens (tertiary/aromatic N) is 7. The van der Waals surface area contributed by atoms with Crippen LogP contribution in [-0.4, -0.2) is 24.2 Å². The van der Waals surface area contributed by atoms with Gasteiger partial charge in [-0.05, 0) is 32.3 Å². The Hall–Kier alpha value is -2.60. The monoisotopic (exact) mass is 286 g/mol. The number of aryl methyl sites for hydroxylation is 3. The topological polar surface area (TPSA) is 88.0 Å². The van der Waals surface area contributed by atoms with Crippen molar-refractivity contribution in [3.63, 3.8) is 0 Å². The van der Waals surface area contributed by atoms with Crippen LogP contribution < -0.4 is 0 Å². The molecular formula is C11H10N8S. The van der Waals surface area contributed by atoms with Crippen molar-refractivity contribution >= 4 is 33.6 Å². The van der Waals surface area contributed by atoms with Gasteiger partial charge in [0.1, 0.15) is 5.82 Å². The molecule has 0 aliphatic heterocycles. The van der Waals surface area contributed by atoms with Crippen LogP contribution in [0.5, 0.6) is 0 Å². The van der Waals surface area contributed by atoms with Gasteiger partial charge in [-0.2, -0.15) is 4.63 Å². The molecule has 0 saturated heterocycles. The normalized spacial score (nSPS) is 11.5. The smallest absolute Gasteiger partial charge is 0.247 e. The van der Waals surface area contributed by atoms with Gasteiger partial charge in [0.25, 0.3) is 0 Å². The van der Waals surface area contributed by atoms with E-state index >= 15 is 0 Å². The second-order valence-corrected chi connectivity index (χ2v) is 4.97. The fourth-order valence-corrected chi connectivity index (χ4v) is 2.46. The third kappa shape index (κ3) is 1.86. The summed E-state index contributed by atoms with van der Waals surface area (Å²) in [5.41, 5.74) is 3.17. The van der Waals surface area contributed by atoms with Gasteiger partial charge in [0, 0.05) is 0 Å². The third-order valence-corrected chi connectivity index (χ3v) is 3.53. The van der Waals surface area contributed by atoms with Gasteiger partial charge >= 0.3 is 0 Å². The predicted octanol–water partition coefficient (Wildman–Crippen LogP) is 3.41. The van der Waals surface area contributed by atoms with Gasteiger partial charge in [-0.25, -0.2) is 14.2 Å². The zero-order valence-corrected chi connectivity index (χ0v) is 11.9. The summed E-state index contributed by atoms with van der Waals surface area (Å²) in [7, 11) is 0. The molecule has 3 aromatic heterocycles. The van der Waals surface area contributed by atoms with Gasteiger partial charge in [-0.3, -0.25) is 5.10 Å². The van der Waals surface area contributed by atoms with E-state index in [-0.39, 0.29) is 0 Å². The minimum Gasteiger partial charge on any atom is -0.278 e. The first-order valence-electron chi connectivity index (χ1n) is 5.77. The lowest BCUT2D eigenvalue weighted by Gasteiger charge is -1.89. The summed E-state index contributed by atoms with van der Waals surface area (Å²) in [6, 6.07) is 0. The highest BCUT2D eigenvalue weighted by molar-refractivity contribution is 7.10. The Bertz CT molecular complexity index is 859. The van der Waals surface area contributed by atoms with Crippen LogP contribution in [0, 0.1) is 27.3 Å². The van der Waals surface area contributed by atoms with E-state index in [4.69, 9.17) is 6.57 Å². The molecule has 0 fully saturated rings. The predicted molar refractivity (Wildman–Crippen MR) is 74.1 cm³/mol. The Morgan fingerprint density at radius 2 is 2.10 bits per heavy atom. The first-order chi connectivity index (χ1) is 9.60. The molecule has 0 saturated carbocycles. The quantitative estimate of drug-likeness (QED) is 0.578. The second kappa shape index (κ2) is 4.50. The molecule has 9 heteroatoms. The average Bonchev–Trinajstić information content (AvgIpc) is 3.00. The fourth-order valence-electron chi connectivity index (χ4n) is 1.79. The van der Waals surface area contributed by atoms with Gasteiger partial charge in [0.2, 0.25) is 11.3 Å². The number of H-pyrrole nitrogens is 1. The van der Waals surface area contributed by atoms with Crippen LogP contribution in [0.1, 0.15) is 17.2 Å². The summed E-state index contributed by atoms with van der Waals surface area (Å²) in [6.07, 6.45) is 0. The van der Waals surface area contributed by atoms with Crippen molar-refractivity contribution in [2.75, 3.05) is 0 Å². The zero-order valence-electron chi connectivity index (χ0n) is 11.0. The summed E-state index contributed by atoms with van der Waals surface area (Å²) >= 11 is 1.16. The van der Waals surface area contributed by atoms with Crippen LogP contribution in [0.25, 0.3) is 10.5 Å². The van der Waals surface area contributed by atoms with Gasteiger partial charge in [0.05, 0.1) is 18.0 Å². The van der Waals surface area contributed by atoms with Crippen LogP contribution in [0.4, 0.5) is 16.4 Å². The molecule has 0 radical (unpaired) electrons. The summed E-state index contributed by atoms with van der Waals surface area (Å²) < 4.78 is 5.67.